The van der Waals surface area contributed by atoms with Crippen LogP contribution in [0.5, 0.6) is 0 Å². The molecule has 0 aliphatic carbocycles. The molecule has 2 amide bonds. The van der Waals surface area contributed by atoms with Crippen LogP contribution in [0, 0.1) is 0 Å². The number of amides is 2. The fraction of sp³-hybridized carbons (Fsp3) is 0.871. The third-order valence-electron chi connectivity index (χ3n) is 12.1. The second-order valence-corrected chi connectivity index (χ2v) is 20.6. The number of anilines is 1. The van der Waals surface area contributed by atoms with E-state index in [0.29, 0.717) is 310 Å². The molecule has 1 aromatic rings. The van der Waals surface area contributed by atoms with Gasteiger partial charge in [-0.15, -0.1) is 0 Å². The number of carbonyl (C=O) groups excluding carboxylic acids is 2. The highest BCUT2D eigenvalue weighted by Crippen LogP contribution is 2.34. The van der Waals surface area contributed by atoms with Crippen molar-refractivity contribution in [3.05, 3.63) is 29.3 Å². The van der Waals surface area contributed by atoms with Crippen molar-refractivity contribution in [1.82, 2.24) is 4.90 Å². The lowest BCUT2D eigenvalue weighted by molar-refractivity contribution is -0.131. The van der Waals surface area contributed by atoms with Gasteiger partial charge in [0.15, 0.2) is 0 Å². The predicted octanol–water partition coefficient (Wildman–Crippen LogP) is 1.34. The fourth-order valence-electron chi connectivity index (χ4n) is 7.13. The Hall–Kier alpha value is -2.69. The Labute approximate surface area is 564 Å². The number of nitrogens with two attached hydrogens (primary N) is 1. The topological polar surface area (TPSA) is 336 Å². The Bertz CT molecular complexity index is 1750. The van der Waals surface area contributed by atoms with Gasteiger partial charge in [-0.3, -0.25) is 9.59 Å². The molecule has 0 aliphatic rings. The van der Waals surface area contributed by atoms with Crippen molar-refractivity contribution in [1.29, 1.82) is 0 Å². The van der Waals surface area contributed by atoms with E-state index in [9.17, 15) is 14.5 Å². The standard InChI is InChI=1S/C62H118N3O29P/c1-64-60-5-4-58(56-93-95(68)94-57-61(63)66)59(54-60)55-65(2)62(67)6-7-70-10-11-72-14-15-74-18-19-76-22-23-78-26-27-80-30-31-82-34-35-84-38-39-86-42-43-88-46-47-90-50-51-92-53-52-91-49-48-89-45-44-87-41-40-85-37-36-83-33-32-81-29-28-79-25-24-77-21-20-75-17-16-73-13-12-71-9-8-69-3/h4-5,54,64,68H,6-53,55-57H2,1-3H3,(H2,63,66). The minimum absolute atomic E-state index is 0.0201. The first kappa shape index (κ1) is 90.3. The number of ether oxygens (including phenoxy) is 24. The minimum atomic E-state index is -2.29. The number of hydrogen-bond acceptors (Lipinski definition) is 30. The molecule has 0 saturated carbocycles. The van der Waals surface area contributed by atoms with Crippen molar-refractivity contribution >= 4 is 26.1 Å². The molecule has 32 nitrogen and oxygen atoms in total. The normalized spacial score (nSPS) is 12.0. The summed E-state index contributed by atoms with van der Waals surface area (Å²) in [4.78, 5) is 35.1. The van der Waals surface area contributed by atoms with Gasteiger partial charge in [-0.05, 0) is 23.3 Å². The maximum atomic E-state index is 12.8. The van der Waals surface area contributed by atoms with Crippen molar-refractivity contribution in [2.75, 3.05) is 344 Å². The van der Waals surface area contributed by atoms with Gasteiger partial charge >= 0.3 is 8.60 Å². The van der Waals surface area contributed by atoms with Crippen molar-refractivity contribution < 1.29 is 137 Å². The lowest BCUT2D eigenvalue weighted by Crippen LogP contribution is -2.27. The number of nitrogens with zero attached hydrogens (tertiary/aromatic N) is 1. The van der Waals surface area contributed by atoms with Crippen LogP contribution in [0.25, 0.3) is 0 Å². The van der Waals surface area contributed by atoms with Gasteiger partial charge in [0.05, 0.1) is 324 Å². The zero-order chi connectivity index (χ0) is 68.3. The van der Waals surface area contributed by atoms with Gasteiger partial charge in [0.25, 0.3) is 0 Å². The molecule has 95 heavy (non-hydrogen) atoms. The SMILES string of the molecule is CNc1ccc(COP(O)OCC(N)=O)c(CN(C)C(=O)CCOCCOCCOCCOCCOCCOCCOCCOCCOCCOCCOCCOCCOCCOCCOCCOCCOCCOCCOCCOCCOCCOCCOCCOC)c1. The number of hydrogen-bond donors (Lipinski definition) is 3. The van der Waals surface area contributed by atoms with E-state index in [-0.39, 0.29) is 25.5 Å². The van der Waals surface area contributed by atoms with Crippen molar-refractivity contribution in [3.63, 3.8) is 0 Å². The molecule has 560 valence electrons. The Kier molecular flexibility index (Phi) is 71.8. The summed E-state index contributed by atoms with van der Waals surface area (Å²) in [5.41, 5.74) is 7.46. The zero-order valence-corrected chi connectivity index (χ0v) is 58.0. The maximum absolute atomic E-state index is 12.8. The van der Waals surface area contributed by atoms with Crippen molar-refractivity contribution in [2.45, 2.75) is 19.6 Å². The summed E-state index contributed by atoms with van der Waals surface area (Å²) < 4.78 is 142. The van der Waals surface area contributed by atoms with E-state index < -0.39 is 21.1 Å². The van der Waals surface area contributed by atoms with Crippen LogP contribution in [-0.4, -0.2) is 360 Å². The molecule has 1 unspecified atom stereocenters. The van der Waals surface area contributed by atoms with E-state index in [4.69, 9.17) is 128 Å². The summed E-state index contributed by atoms with van der Waals surface area (Å²) in [6.45, 7) is 22.0. The molecule has 1 aromatic carbocycles. The number of primary amides is 1. The first-order chi connectivity index (χ1) is 46.9. The van der Waals surface area contributed by atoms with Gasteiger partial charge in [0.1, 0.15) is 6.61 Å². The highest BCUT2D eigenvalue weighted by molar-refractivity contribution is 7.40. The van der Waals surface area contributed by atoms with Gasteiger partial charge in [-0.2, -0.15) is 0 Å². The molecule has 0 aromatic heterocycles. The lowest BCUT2D eigenvalue weighted by atomic mass is 10.1. The summed E-state index contributed by atoms with van der Waals surface area (Å²) in [6.07, 6.45) is 0.196. The van der Waals surface area contributed by atoms with Crippen molar-refractivity contribution in [2.24, 2.45) is 5.73 Å². The number of carbonyl (C=O) groups is 2. The quantitative estimate of drug-likeness (QED) is 0.0612. The molecular formula is C62H118N3O29P. The zero-order valence-electron chi connectivity index (χ0n) is 57.1. The van der Waals surface area contributed by atoms with Gasteiger partial charge < -0.3 is 144 Å². The Morgan fingerprint density at radius 2 is 0.600 bits per heavy atom. The molecule has 0 spiro atoms. The monoisotopic (exact) mass is 1400 g/mol. The molecule has 4 N–H and O–H groups in total. The van der Waals surface area contributed by atoms with Gasteiger partial charge in [-0.1, -0.05) is 6.07 Å². The van der Waals surface area contributed by atoms with Gasteiger partial charge in [-0.25, -0.2) is 0 Å². The van der Waals surface area contributed by atoms with Crippen LogP contribution in [0.4, 0.5) is 5.69 Å². The molecule has 0 saturated heterocycles. The average molecular weight is 1400 g/mol. The minimum Gasteiger partial charge on any atom is -0.388 e. The smallest absolute Gasteiger partial charge is 0.330 e. The number of methoxy groups -OCH3 is 1. The van der Waals surface area contributed by atoms with Crippen LogP contribution >= 0.6 is 8.60 Å². The van der Waals surface area contributed by atoms with E-state index in [1.165, 1.54) is 0 Å². The van der Waals surface area contributed by atoms with Crippen LogP contribution < -0.4 is 11.1 Å². The Morgan fingerprint density at radius 3 is 0.821 bits per heavy atom. The van der Waals surface area contributed by atoms with E-state index >= 15 is 0 Å². The third-order valence-corrected chi connectivity index (χ3v) is 12.8. The van der Waals surface area contributed by atoms with Crippen molar-refractivity contribution in [3.8, 4) is 0 Å². The van der Waals surface area contributed by atoms with E-state index in [1.807, 2.05) is 18.2 Å². The average Bonchev–Trinajstić information content (AvgIpc) is 0.926. The maximum Gasteiger partial charge on any atom is 0.330 e. The molecule has 0 heterocycles. The molecule has 33 heteroatoms. The van der Waals surface area contributed by atoms with E-state index in [1.54, 1.807) is 26.1 Å². The van der Waals surface area contributed by atoms with E-state index in [0.717, 1.165) is 16.8 Å². The largest absolute Gasteiger partial charge is 0.388 e. The predicted molar refractivity (Wildman–Crippen MR) is 347 cm³/mol. The molecular weight excluding hydrogens is 1280 g/mol. The highest BCUT2D eigenvalue weighted by atomic mass is 31.2. The van der Waals surface area contributed by atoms with Crippen LogP contribution in [0.1, 0.15) is 17.5 Å². The van der Waals surface area contributed by atoms with Gasteiger partial charge in [0.2, 0.25) is 11.8 Å². The number of nitrogens with one attached hydrogen (secondary N) is 1. The van der Waals surface area contributed by atoms with Gasteiger partial charge in [0, 0.05) is 33.4 Å². The number of rotatable bonds is 81. The molecule has 0 fully saturated rings. The first-order valence-electron chi connectivity index (χ1n) is 32.7. The Balaban J connectivity index is 1.67. The second-order valence-electron chi connectivity index (χ2n) is 19.6. The summed E-state index contributed by atoms with van der Waals surface area (Å²) in [5.74, 6) is -0.814. The first-order valence-corrected chi connectivity index (χ1v) is 33.8. The molecule has 1 atom stereocenters. The summed E-state index contributed by atoms with van der Waals surface area (Å²) in [7, 11) is 2.85. The number of benzene rings is 1. The molecule has 0 radical (unpaired) electrons. The van der Waals surface area contributed by atoms with Crippen LogP contribution in [0.15, 0.2) is 18.2 Å². The summed E-state index contributed by atoms with van der Waals surface area (Å²) >= 11 is 0. The van der Waals surface area contributed by atoms with Crippen LogP contribution in [-0.2, 0) is 145 Å². The fourth-order valence-corrected chi connectivity index (χ4v) is 7.69. The second kappa shape index (κ2) is 75.5. The molecule has 1 rings (SSSR count). The molecule has 0 bridgehead atoms. The third kappa shape index (κ3) is 68.2. The lowest BCUT2D eigenvalue weighted by Gasteiger charge is -2.20. The van der Waals surface area contributed by atoms with E-state index in [2.05, 4.69) is 5.32 Å². The Morgan fingerprint density at radius 1 is 0.368 bits per heavy atom. The molecule has 0 aliphatic heterocycles. The highest BCUT2D eigenvalue weighted by Gasteiger charge is 2.16. The van der Waals surface area contributed by atoms with Crippen LogP contribution in [0.2, 0.25) is 0 Å². The van der Waals surface area contributed by atoms with Crippen LogP contribution in [0.3, 0.4) is 0 Å². The summed E-state index contributed by atoms with van der Waals surface area (Å²) in [6, 6.07) is 5.58. The summed E-state index contributed by atoms with van der Waals surface area (Å²) in [5, 5.41) is 3.07.